The lowest BCUT2D eigenvalue weighted by Gasteiger charge is -2.31. The zero-order valence-corrected chi connectivity index (χ0v) is 63.4. The second kappa shape index (κ2) is 29.0. The van der Waals surface area contributed by atoms with Crippen molar-refractivity contribution in [2.45, 2.75) is 89.9 Å². The lowest BCUT2D eigenvalue weighted by Crippen LogP contribution is -2.52. The Labute approximate surface area is 653 Å². The third-order valence-electron chi connectivity index (χ3n) is 22.0. The van der Waals surface area contributed by atoms with Crippen molar-refractivity contribution in [1.29, 1.82) is 0 Å². The number of hydrogen-bond donors (Lipinski definition) is 6. The predicted molar refractivity (Wildman–Crippen MR) is 421 cm³/mol. The summed E-state index contributed by atoms with van der Waals surface area (Å²) in [5.41, 5.74) is 12.4. The quantitative estimate of drug-likeness (QED) is 0.0462. The van der Waals surface area contributed by atoms with Crippen molar-refractivity contribution in [1.82, 2.24) is 75.7 Å². The van der Waals surface area contributed by atoms with E-state index in [4.69, 9.17) is 14.6 Å². The van der Waals surface area contributed by atoms with E-state index >= 15 is 0 Å². The zero-order chi connectivity index (χ0) is 79.8. The van der Waals surface area contributed by atoms with Crippen LogP contribution in [0.5, 0.6) is 11.5 Å². The summed E-state index contributed by atoms with van der Waals surface area (Å²) < 4.78 is 30.1. The van der Waals surface area contributed by atoms with Crippen LogP contribution in [0.1, 0.15) is 115 Å². The van der Waals surface area contributed by atoms with Crippen LogP contribution in [0.25, 0.3) is 60.9 Å². The first-order valence-electron chi connectivity index (χ1n) is 37.1. The third-order valence-corrected chi connectivity index (χ3v) is 22.0. The number of methoxy groups -OCH3 is 2. The molecule has 26 nitrogen and oxygen atoms in total. The van der Waals surface area contributed by atoms with Crippen molar-refractivity contribution in [3.05, 3.63) is 274 Å². The van der Waals surface area contributed by atoms with Gasteiger partial charge in [-0.1, -0.05) is 103 Å². The van der Waals surface area contributed by atoms with Crippen LogP contribution >= 0.6 is 0 Å². The maximum Gasteiger partial charge on any atom is 0.322 e. The van der Waals surface area contributed by atoms with Crippen molar-refractivity contribution in [3.8, 4) is 50.6 Å². The predicted octanol–water partition coefficient (Wildman–Crippen LogP) is 12.0. The molecule has 0 radical (unpaired) electrons. The molecule has 0 spiro atoms. The van der Waals surface area contributed by atoms with E-state index in [2.05, 4.69) is 107 Å². The van der Waals surface area contributed by atoms with Gasteiger partial charge >= 0.3 is 18.1 Å². The van der Waals surface area contributed by atoms with Crippen LogP contribution in [0.15, 0.2) is 207 Å². The van der Waals surface area contributed by atoms with Gasteiger partial charge in [0.1, 0.15) is 17.3 Å². The molecule has 6 aliphatic heterocycles. The number of benzene rings is 9. The Kier molecular flexibility index (Phi) is 18.8. The number of nitrogens with one attached hydrogen (secondary N) is 6. The molecule has 3 aromatic heterocycles. The molecule has 3 saturated heterocycles. The monoisotopic (exact) mass is 1530 g/mol. The summed E-state index contributed by atoms with van der Waals surface area (Å²) in [4.78, 5) is 124. The first kappa shape index (κ1) is 74.0. The Hall–Kier alpha value is -14.1. The molecule has 3 fully saturated rings. The molecule has 6 aliphatic rings. The minimum atomic E-state index is -1.46. The Morgan fingerprint density at radius 2 is 0.877 bits per heavy atom. The standard InChI is InChI=1S/2C30H29N5O4.C27H20FN5O3/c1-17(2)35-26-18(3)11-21(12-22(26)14-31-35)19-5-8-23(9-6-19)30(28(37)32-29(38)33-30)16-34-15-20-7-10-24(39-4)13-25(20)27(34)36;1-17(2)35-15-22-12-21(11-18(3)26(22)33-35)19-5-8-23(9-6-19)30(28(37)31-29(38)32-30)16-34-14-20-7-10-24(39-4)13-25(20)27(34)36;28-21-8-3-19-14-33(24(34)23(19)13-21)15-27(25(35)30-26(36)31-27)20-6-1-17(2-7-20)18-4-9-22(10-5-18)32-12-11-29-16-32/h5-14,17H,15-16H2,1-4H3,(H2,32,33,37,38);5-13,15,17H,14,16H2,1-4H3,(H2,31,32,37,38);1-13,16H,14-15H2,(H2,30,31,35,36)/t2*30-;27-/m000/s1. The zero-order valence-electron chi connectivity index (χ0n) is 63.4. The number of halogens is 1. The van der Waals surface area contributed by atoms with Crippen LogP contribution in [-0.2, 0) is 50.6 Å². The largest absolute Gasteiger partial charge is 0.497 e. The highest BCUT2D eigenvalue weighted by Crippen LogP contribution is 2.40. The van der Waals surface area contributed by atoms with Crippen molar-refractivity contribution in [2.75, 3.05) is 33.9 Å². The van der Waals surface area contributed by atoms with E-state index in [0.717, 1.165) is 83.1 Å². The number of carbonyl (C=O) groups is 9. The number of imidazole rings is 1. The molecule has 9 aromatic carbocycles. The molecule has 3 atom stereocenters. The summed E-state index contributed by atoms with van der Waals surface area (Å²) in [6.07, 6.45) is 9.24. The van der Waals surface area contributed by atoms with Crippen molar-refractivity contribution in [2.24, 2.45) is 0 Å². The minimum Gasteiger partial charge on any atom is -0.497 e. The van der Waals surface area contributed by atoms with Crippen LogP contribution < -0.4 is 41.4 Å². The van der Waals surface area contributed by atoms with Gasteiger partial charge in [-0.2, -0.15) is 10.2 Å². The number of fused-ring (bicyclic) bond motifs is 5. The maximum atomic E-state index is 13.7. The second-order valence-corrected chi connectivity index (χ2v) is 29.9. The number of imide groups is 3. The van der Waals surface area contributed by atoms with Gasteiger partial charge in [0.15, 0.2) is 16.6 Å². The molecule has 114 heavy (non-hydrogen) atoms. The summed E-state index contributed by atoms with van der Waals surface area (Å²) >= 11 is 0. The number of aryl methyl sites for hydroxylation is 2. The summed E-state index contributed by atoms with van der Waals surface area (Å²) in [7, 11) is 3.10. The van der Waals surface area contributed by atoms with E-state index in [1.54, 1.807) is 79.0 Å². The number of rotatable bonds is 17. The van der Waals surface area contributed by atoms with Gasteiger partial charge in [0.25, 0.3) is 35.4 Å². The summed E-state index contributed by atoms with van der Waals surface area (Å²) in [6, 6.07) is 52.3. The van der Waals surface area contributed by atoms with E-state index in [1.807, 2.05) is 130 Å². The molecular weight excluding hydrogens is 1450 g/mol. The Morgan fingerprint density at radius 3 is 1.28 bits per heavy atom. The molecule has 0 bridgehead atoms. The average Bonchev–Trinajstić information content (AvgIpc) is 1.60. The van der Waals surface area contributed by atoms with Gasteiger partial charge in [-0.15, -0.1) is 0 Å². The maximum absolute atomic E-state index is 13.7. The van der Waals surface area contributed by atoms with Gasteiger partial charge in [0.2, 0.25) is 0 Å². The van der Waals surface area contributed by atoms with Crippen molar-refractivity contribution >= 4 is 75.3 Å². The van der Waals surface area contributed by atoms with Gasteiger partial charge in [-0.05, 0) is 192 Å². The SMILES string of the molecule is COc1ccc2c(c1)C(=O)N(C[C@@]1(c3ccc(-c4cc(C)c5c(cnn5C(C)C)c4)cc3)NC(=O)NC1=O)C2.COc1ccc2c(c1)C(=O)N(C[C@@]1(c3ccc(-c4cc(C)c5nn(C(C)C)cc5c4)cc3)NC(=O)NC1=O)C2.O=C1NC(=O)[C@](CN2Cc3ccc(F)cc3C2=O)(c2ccc(-c3ccc(-n4ccnc4)cc3)cc2)N1. The highest BCUT2D eigenvalue weighted by molar-refractivity contribution is 6.11. The van der Waals surface area contributed by atoms with E-state index in [-0.39, 0.29) is 61.5 Å². The molecule has 6 N–H and O–H groups in total. The van der Waals surface area contributed by atoms with Gasteiger partial charge < -0.3 is 44.7 Å². The molecule has 27 heteroatoms. The van der Waals surface area contributed by atoms with E-state index in [1.165, 1.54) is 17.0 Å². The van der Waals surface area contributed by atoms with Crippen LogP contribution in [0.2, 0.25) is 0 Å². The topological polar surface area (TPSA) is 307 Å². The molecule has 0 saturated carbocycles. The summed E-state index contributed by atoms with van der Waals surface area (Å²) in [6.45, 7) is 13.3. The molecular formula is C87H78FN15O11. The van der Waals surface area contributed by atoms with Gasteiger partial charge in [0.05, 0.1) is 57.4 Å². The normalized spacial score (nSPS) is 18.7. The molecule has 0 unspecified atom stereocenters. The smallest absolute Gasteiger partial charge is 0.322 e. The summed E-state index contributed by atoms with van der Waals surface area (Å²) in [5, 5.41) is 26.7. The molecule has 12 amide bonds. The Morgan fingerprint density at radius 1 is 0.465 bits per heavy atom. The number of aromatic nitrogens is 6. The van der Waals surface area contributed by atoms with Gasteiger partial charge in [-0.25, -0.2) is 23.8 Å². The highest BCUT2D eigenvalue weighted by Gasteiger charge is 2.53. The number of amides is 12. The first-order valence-corrected chi connectivity index (χ1v) is 37.1. The molecule has 12 aromatic rings. The Balaban J connectivity index is 0.000000129. The van der Waals surface area contributed by atoms with E-state index in [0.29, 0.717) is 58.0 Å². The Bertz CT molecular complexity index is 5800. The van der Waals surface area contributed by atoms with Crippen LogP contribution in [0, 0.1) is 19.7 Å². The van der Waals surface area contributed by atoms with Crippen LogP contribution in [-0.4, -0.2) is 131 Å². The fourth-order valence-electron chi connectivity index (χ4n) is 16.0. The molecule has 18 rings (SSSR count). The number of carbonyl (C=O) groups excluding carboxylic acids is 9. The minimum absolute atomic E-state index is 0.000791. The fraction of sp³-hybridized carbons (Fsp3) is 0.218. The lowest BCUT2D eigenvalue weighted by molar-refractivity contribution is -0.125. The van der Waals surface area contributed by atoms with E-state index < -0.39 is 58.2 Å². The number of ether oxygens (including phenoxy) is 2. The number of hydrogen-bond acceptors (Lipinski definition) is 14. The van der Waals surface area contributed by atoms with Crippen LogP contribution in [0.3, 0.4) is 0 Å². The van der Waals surface area contributed by atoms with Crippen molar-refractivity contribution < 1.29 is 57.0 Å². The average molecular weight is 1530 g/mol. The van der Waals surface area contributed by atoms with Crippen molar-refractivity contribution in [3.63, 3.8) is 0 Å². The number of urea groups is 3. The fourth-order valence-corrected chi connectivity index (χ4v) is 16.0. The summed E-state index contributed by atoms with van der Waals surface area (Å²) in [5.74, 6) is -1.64. The first-order chi connectivity index (χ1) is 54.8. The van der Waals surface area contributed by atoms with Gasteiger partial charge in [-0.3, -0.25) is 54.1 Å². The van der Waals surface area contributed by atoms with Gasteiger partial charge in [0, 0.05) is 83.5 Å². The third kappa shape index (κ3) is 13.3. The van der Waals surface area contributed by atoms with Crippen LogP contribution in [0.4, 0.5) is 18.8 Å². The molecule has 574 valence electrons. The molecule has 0 aliphatic carbocycles. The van der Waals surface area contributed by atoms with E-state index in [9.17, 15) is 47.5 Å². The number of nitrogens with zero attached hydrogens (tertiary/aromatic N) is 9. The lowest BCUT2D eigenvalue weighted by atomic mass is 9.87. The second-order valence-electron chi connectivity index (χ2n) is 29.9. The highest BCUT2D eigenvalue weighted by atomic mass is 19.1. The molecule has 9 heterocycles.